The second-order valence-electron chi connectivity index (χ2n) is 6.09. The quantitative estimate of drug-likeness (QED) is 0.775. The second kappa shape index (κ2) is 8.50. The van der Waals surface area contributed by atoms with Gasteiger partial charge in [-0.15, -0.1) is 5.10 Å². The van der Waals surface area contributed by atoms with E-state index in [0.29, 0.717) is 5.95 Å². The zero-order valence-electron chi connectivity index (χ0n) is 15.0. The Labute approximate surface area is 149 Å². The molecule has 1 N–H and O–H groups in total. The summed E-state index contributed by atoms with van der Waals surface area (Å²) in [6, 6.07) is 8.22. The van der Waals surface area contributed by atoms with Crippen molar-refractivity contribution >= 4 is 17.5 Å². The topological polar surface area (TPSA) is 66.4 Å². The Kier molecular flexibility index (Phi) is 5.87. The maximum Gasteiger partial charge on any atom is 0.244 e. The average Bonchev–Trinajstić information content (AvgIpc) is 2.69. The Morgan fingerprint density at radius 1 is 1.08 bits per heavy atom. The van der Waals surface area contributed by atoms with Gasteiger partial charge >= 0.3 is 0 Å². The third kappa shape index (κ3) is 4.49. The summed E-state index contributed by atoms with van der Waals surface area (Å²) in [5, 5.41) is 11.4. The molecule has 0 bridgehead atoms. The van der Waals surface area contributed by atoms with E-state index in [2.05, 4.69) is 49.4 Å². The molecule has 25 heavy (non-hydrogen) atoms. The Morgan fingerprint density at radius 3 is 2.48 bits per heavy atom. The highest BCUT2D eigenvalue weighted by atomic mass is 16.5. The number of nitrogens with zero attached hydrogens (tertiary/aromatic N) is 5. The molecule has 1 saturated heterocycles. The van der Waals surface area contributed by atoms with Gasteiger partial charge in [0.25, 0.3) is 0 Å². The molecular weight excluding hydrogens is 316 g/mol. The zero-order chi connectivity index (χ0) is 17.5. The van der Waals surface area contributed by atoms with Gasteiger partial charge in [-0.1, -0.05) is 13.3 Å². The van der Waals surface area contributed by atoms with Gasteiger partial charge in [0.2, 0.25) is 5.95 Å². The average molecular weight is 342 g/mol. The number of aromatic nitrogens is 3. The number of unbranched alkanes of at least 4 members (excludes halogenated alkanes) is 1. The van der Waals surface area contributed by atoms with Crippen molar-refractivity contribution < 1.29 is 4.74 Å². The molecule has 1 aromatic carbocycles. The number of rotatable bonds is 7. The fourth-order valence-corrected chi connectivity index (χ4v) is 2.89. The highest BCUT2D eigenvalue weighted by Crippen LogP contribution is 2.22. The molecule has 0 radical (unpaired) electrons. The first-order valence-electron chi connectivity index (χ1n) is 8.87. The lowest BCUT2D eigenvalue weighted by molar-refractivity contribution is 0.415. The fourth-order valence-electron chi connectivity index (χ4n) is 2.89. The summed E-state index contributed by atoms with van der Waals surface area (Å²) in [4.78, 5) is 9.24. The summed E-state index contributed by atoms with van der Waals surface area (Å²) in [5.74, 6) is 2.39. The van der Waals surface area contributed by atoms with Crippen molar-refractivity contribution in [3.05, 3.63) is 30.5 Å². The van der Waals surface area contributed by atoms with Gasteiger partial charge in [0.15, 0.2) is 5.82 Å². The van der Waals surface area contributed by atoms with Crippen LogP contribution in [0.2, 0.25) is 0 Å². The summed E-state index contributed by atoms with van der Waals surface area (Å²) in [6.45, 7) is 6.79. The van der Waals surface area contributed by atoms with E-state index in [1.807, 2.05) is 12.1 Å². The van der Waals surface area contributed by atoms with Gasteiger partial charge in [0.1, 0.15) is 5.75 Å². The molecule has 2 heterocycles. The first kappa shape index (κ1) is 17.3. The number of hydrogen-bond acceptors (Lipinski definition) is 7. The minimum Gasteiger partial charge on any atom is -0.497 e. The summed E-state index contributed by atoms with van der Waals surface area (Å²) >= 11 is 0. The van der Waals surface area contributed by atoms with Gasteiger partial charge in [-0.2, -0.15) is 10.1 Å². The first-order valence-corrected chi connectivity index (χ1v) is 8.87. The molecule has 0 unspecified atom stereocenters. The van der Waals surface area contributed by atoms with Crippen molar-refractivity contribution in [2.75, 3.05) is 55.0 Å². The van der Waals surface area contributed by atoms with Crippen molar-refractivity contribution in [3.63, 3.8) is 0 Å². The van der Waals surface area contributed by atoms with Gasteiger partial charge < -0.3 is 19.9 Å². The van der Waals surface area contributed by atoms with E-state index in [4.69, 9.17) is 4.74 Å². The highest BCUT2D eigenvalue weighted by Gasteiger charge is 2.19. The number of hydrogen-bond donors (Lipinski definition) is 1. The third-order valence-electron chi connectivity index (χ3n) is 4.40. The molecule has 0 saturated carbocycles. The molecule has 1 fully saturated rings. The van der Waals surface area contributed by atoms with Gasteiger partial charge in [-0.05, 0) is 30.7 Å². The molecule has 3 rings (SSSR count). The molecule has 0 aliphatic carbocycles. The van der Waals surface area contributed by atoms with Crippen LogP contribution in [0.1, 0.15) is 19.8 Å². The monoisotopic (exact) mass is 342 g/mol. The van der Waals surface area contributed by atoms with E-state index in [1.165, 1.54) is 5.69 Å². The second-order valence-corrected chi connectivity index (χ2v) is 6.09. The smallest absolute Gasteiger partial charge is 0.244 e. The third-order valence-corrected chi connectivity index (χ3v) is 4.40. The predicted octanol–water partition coefficient (Wildman–Crippen LogP) is 2.42. The van der Waals surface area contributed by atoms with Crippen LogP contribution in [0.25, 0.3) is 0 Å². The van der Waals surface area contributed by atoms with Gasteiger partial charge in [-0.3, -0.25) is 0 Å². The number of anilines is 3. The number of methoxy groups -OCH3 is 1. The van der Waals surface area contributed by atoms with Crippen LogP contribution >= 0.6 is 0 Å². The van der Waals surface area contributed by atoms with Crippen LogP contribution in [-0.4, -0.2) is 55.0 Å². The maximum atomic E-state index is 5.22. The predicted molar refractivity (Wildman–Crippen MR) is 101 cm³/mol. The Bertz CT molecular complexity index is 655. The van der Waals surface area contributed by atoms with Crippen LogP contribution in [0, 0.1) is 0 Å². The maximum absolute atomic E-state index is 5.22. The molecule has 1 aliphatic rings. The van der Waals surface area contributed by atoms with Gasteiger partial charge in [-0.25, -0.2) is 0 Å². The summed E-state index contributed by atoms with van der Waals surface area (Å²) in [7, 11) is 1.69. The summed E-state index contributed by atoms with van der Waals surface area (Å²) in [5.41, 5.74) is 1.23. The number of ether oxygens (including phenoxy) is 1. The molecule has 0 amide bonds. The Balaban J connectivity index is 1.57. The number of benzene rings is 1. The van der Waals surface area contributed by atoms with Crippen LogP contribution in [0.5, 0.6) is 5.75 Å². The lowest BCUT2D eigenvalue weighted by Crippen LogP contribution is -2.46. The van der Waals surface area contributed by atoms with Gasteiger partial charge in [0.05, 0.1) is 13.3 Å². The Morgan fingerprint density at radius 2 is 1.80 bits per heavy atom. The van der Waals surface area contributed by atoms with E-state index < -0.39 is 0 Å². The number of piperazine rings is 1. The van der Waals surface area contributed by atoms with Crippen molar-refractivity contribution in [2.45, 2.75) is 19.8 Å². The molecule has 7 nitrogen and oxygen atoms in total. The van der Waals surface area contributed by atoms with E-state index in [0.717, 1.165) is 57.1 Å². The number of nitrogens with one attached hydrogen (secondary N) is 1. The Hall–Kier alpha value is -2.57. The van der Waals surface area contributed by atoms with Crippen molar-refractivity contribution in [1.29, 1.82) is 0 Å². The lowest BCUT2D eigenvalue weighted by atomic mass is 10.2. The van der Waals surface area contributed by atoms with Crippen molar-refractivity contribution in [1.82, 2.24) is 15.2 Å². The first-order chi connectivity index (χ1) is 12.3. The fraction of sp³-hybridized carbons (Fsp3) is 0.500. The standard InChI is InChI=1S/C18H26N6O/c1-3-4-9-19-18-21-17(14-20-22-18)24-12-10-23(11-13-24)15-5-7-16(25-2)8-6-15/h5-8,14H,3-4,9-13H2,1-2H3,(H,19,21,22). The van der Waals surface area contributed by atoms with E-state index in [-0.39, 0.29) is 0 Å². The molecular formula is C18H26N6O. The SMILES string of the molecule is CCCCNc1nncc(N2CCN(c3ccc(OC)cc3)CC2)n1. The summed E-state index contributed by atoms with van der Waals surface area (Å²) < 4.78 is 5.22. The van der Waals surface area contributed by atoms with Crippen LogP contribution in [0.15, 0.2) is 30.5 Å². The van der Waals surface area contributed by atoms with Crippen LogP contribution < -0.4 is 19.9 Å². The molecule has 7 heteroatoms. The molecule has 0 spiro atoms. The molecule has 2 aromatic rings. The van der Waals surface area contributed by atoms with E-state index in [9.17, 15) is 0 Å². The highest BCUT2D eigenvalue weighted by molar-refractivity contribution is 5.51. The van der Waals surface area contributed by atoms with Crippen LogP contribution in [0.4, 0.5) is 17.5 Å². The summed E-state index contributed by atoms with van der Waals surface area (Å²) in [6.07, 6.45) is 4.00. The van der Waals surface area contributed by atoms with E-state index in [1.54, 1.807) is 13.3 Å². The largest absolute Gasteiger partial charge is 0.497 e. The molecule has 1 aliphatic heterocycles. The minimum atomic E-state index is 0.614. The van der Waals surface area contributed by atoms with Crippen molar-refractivity contribution in [2.24, 2.45) is 0 Å². The molecule has 134 valence electrons. The normalized spacial score (nSPS) is 14.5. The zero-order valence-corrected chi connectivity index (χ0v) is 15.0. The molecule has 1 aromatic heterocycles. The van der Waals surface area contributed by atoms with Crippen LogP contribution in [0.3, 0.4) is 0 Å². The van der Waals surface area contributed by atoms with E-state index >= 15 is 0 Å². The van der Waals surface area contributed by atoms with Crippen LogP contribution in [-0.2, 0) is 0 Å². The van der Waals surface area contributed by atoms with Gasteiger partial charge in [0, 0.05) is 38.4 Å². The molecule has 0 atom stereocenters. The minimum absolute atomic E-state index is 0.614. The van der Waals surface area contributed by atoms with Crippen molar-refractivity contribution in [3.8, 4) is 5.75 Å². The lowest BCUT2D eigenvalue weighted by Gasteiger charge is -2.36.